The third-order valence-corrected chi connectivity index (χ3v) is 3.60. The number of nitrogens with one attached hydrogen (secondary N) is 2. The Morgan fingerprint density at radius 2 is 2.08 bits per heavy atom. The van der Waals surface area contributed by atoms with Gasteiger partial charge in [-0.1, -0.05) is 17.7 Å². The molecular weight excluding hydrogens is 340 g/mol. The third-order valence-electron chi connectivity index (χ3n) is 3.37. The molecule has 0 saturated heterocycles. The maximum Gasteiger partial charge on any atom is 0.251 e. The average molecular weight is 357 g/mol. The molecule has 0 bridgehead atoms. The highest BCUT2D eigenvalue weighted by molar-refractivity contribution is 6.30. The minimum atomic E-state index is -0.166. The van der Waals surface area contributed by atoms with E-state index in [9.17, 15) is 4.79 Å². The van der Waals surface area contributed by atoms with Gasteiger partial charge in [0.05, 0.1) is 0 Å². The molecule has 1 aromatic carbocycles. The molecule has 2 aromatic heterocycles. The molecule has 128 valence electrons. The number of aromatic nitrogens is 4. The molecule has 8 heteroatoms. The van der Waals surface area contributed by atoms with E-state index in [0.717, 1.165) is 0 Å². The fraction of sp³-hybridized carbons (Fsp3) is 0.176. The second-order valence-electron chi connectivity index (χ2n) is 5.30. The Balaban J connectivity index is 1.55. The fourth-order valence-electron chi connectivity index (χ4n) is 2.26. The van der Waals surface area contributed by atoms with Crippen molar-refractivity contribution in [1.82, 2.24) is 25.1 Å². The van der Waals surface area contributed by atoms with Gasteiger partial charge in [0, 0.05) is 42.1 Å². The van der Waals surface area contributed by atoms with Gasteiger partial charge >= 0.3 is 0 Å². The number of carbonyl (C=O) groups excluding carboxylic acids is 1. The Morgan fingerprint density at radius 3 is 2.84 bits per heavy atom. The highest BCUT2D eigenvalue weighted by atomic mass is 35.5. The molecule has 3 aromatic rings. The predicted molar refractivity (Wildman–Crippen MR) is 96.2 cm³/mol. The molecule has 0 aliphatic rings. The van der Waals surface area contributed by atoms with Crippen molar-refractivity contribution >= 4 is 23.3 Å². The Labute approximate surface area is 150 Å². The number of hydrogen-bond donors (Lipinski definition) is 2. The lowest BCUT2D eigenvalue weighted by atomic mass is 10.2. The summed E-state index contributed by atoms with van der Waals surface area (Å²) in [5.41, 5.74) is 0.534. The van der Waals surface area contributed by atoms with E-state index < -0.39 is 0 Å². The Morgan fingerprint density at radius 1 is 1.20 bits per heavy atom. The number of benzene rings is 1. The van der Waals surface area contributed by atoms with Gasteiger partial charge in [0.15, 0.2) is 5.82 Å². The van der Waals surface area contributed by atoms with Gasteiger partial charge < -0.3 is 10.6 Å². The van der Waals surface area contributed by atoms with Crippen molar-refractivity contribution in [1.29, 1.82) is 0 Å². The number of aryl methyl sites for hydroxylation is 1. The summed E-state index contributed by atoms with van der Waals surface area (Å²) in [5, 5.41) is 10.7. The van der Waals surface area contributed by atoms with Gasteiger partial charge in [0.25, 0.3) is 5.91 Å². The van der Waals surface area contributed by atoms with Gasteiger partial charge in [0.2, 0.25) is 0 Å². The molecule has 0 aliphatic heterocycles. The molecule has 25 heavy (non-hydrogen) atoms. The number of rotatable bonds is 6. The number of halogens is 1. The zero-order chi connectivity index (χ0) is 17.6. The summed E-state index contributed by atoms with van der Waals surface area (Å²) in [7, 11) is 0. The molecule has 0 radical (unpaired) electrons. The summed E-state index contributed by atoms with van der Waals surface area (Å²) in [5.74, 6) is 1.83. The highest BCUT2D eigenvalue weighted by Crippen LogP contribution is 2.11. The van der Waals surface area contributed by atoms with Crippen LogP contribution in [0, 0.1) is 6.92 Å². The minimum absolute atomic E-state index is 0.166. The predicted octanol–water partition coefficient (Wildman–Crippen LogP) is 2.47. The van der Waals surface area contributed by atoms with E-state index in [0.29, 0.717) is 41.1 Å². The number of amides is 1. The highest BCUT2D eigenvalue weighted by Gasteiger charge is 2.06. The fourth-order valence-corrected chi connectivity index (χ4v) is 2.45. The van der Waals surface area contributed by atoms with Crippen LogP contribution < -0.4 is 10.6 Å². The maximum absolute atomic E-state index is 12.0. The molecule has 3 rings (SSSR count). The van der Waals surface area contributed by atoms with Gasteiger partial charge in [0.1, 0.15) is 11.6 Å². The van der Waals surface area contributed by atoms with Crippen LogP contribution in [0.5, 0.6) is 0 Å². The first kappa shape index (κ1) is 16.9. The van der Waals surface area contributed by atoms with E-state index in [4.69, 9.17) is 11.6 Å². The van der Waals surface area contributed by atoms with Crippen molar-refractivity contribution in [3.63, 3.8) is 0 Å². The number of hydrogen-bond acceptors (Lipinski definition) is 5. The van der Waals surface area contributed by atoms with Crippen molar-refractivity contribution in [2.75, 3.05) is 18.4 Å². The zero-order valence-corrected chi connectivity index (χ0v) is 14.4. The van der Waals surface area contributed by atoms with E-state index in [1.54, 1.807) is 41.2 Å². The summed E-state index contributed by atoms with van der Waals surface area (Å²) < 4.78 is 1.67. The standard InChI is InChI=1S/C17H17ClN6O/c1-12-22-15(11-16(23-12)24-9-3-6-21-24)19-7-8-20-17(25)13-4-2-5-14(18)10-13/h2-6,9-11H,7-8H2,1H3,(H,20,25)(H,19,22,23). The maximum atomic E-state index is 12.0. The van der Waals surface area contributed by atoms with Crippen molar-refractivity contribution in [2.45, 2.75) is 6.92 Å². The minimum Gasteiger partial charge on any atom is -0.368 e. The van der Waals surface area contributed by atoms with Gasteiger partial charge in [-0.15, -0.1) is 0 Å². The monoisotopic (exact) mass is 356 g/mol. The van der Waals surface area contributed by atoms with E-state index in [1.165, 1.54) is 0 Å². The van der Waals surface area contributed by atoms with Crippen molar-refractivity contribution in [3.05, 3.63) is 65.2 Å². The smallest absolute Gasteiger partial charge is 0.251 e. The molecule has 0 atom stereocenters. The van der Waals surface area contributed by atoms with Crippen molar-refractivity contribution in [3.8, 4) is 5.82 Å². The summed E-state index contributed by atoms with van der Waals surface area (Å²) in [6, 6.07) is 10.5. The van der Waals surface area contributed by atoms with Crippen LogP contribution in [0.1, 0.15) is 16.2 Å². The molecular formula is C17H17ClN6O. The van der Waals surface area contributed by atoms with Crippen LogP contribution in [0.2, 0.25) is 5.02 Å². The third kappa shape index (κ3) is 4.54. The molecule has 2 N–H and O–H groups in total. The second-order valence-corrected chi connectivity index (χ2v) is 5.74. The lowest BCUT2D eigenvalue weighted by Gasteiger charge is -2.09. The second kappa shape index (κ2) is 7.76. The first-order valence-electron chi connectivity index (χ1n) is 7.75. The van der Waals surface area contributed by atoms with Crippen LogP contribution in [0.4, 0.5) is 5.82 Å². The van der Waals surface area contributed by atoms with Crippen LogP contribution in [0.25, 0.3) is 5.82 Å². The van der Waals surface area contributed by atoms with Gasteiger partial charge in [-0.25, -0.2) is 14.6 Å². The van der Waals surface area contributed by atoms with Gasteiger partial charge in [-0.05, 0) is 31.2 Å². The molecule has 7 nitrogen and oxygen atoms in total. The lowest BCUT2D eigenvalue weighted by Crippen LogP contribution is -2.29. The van der Waals surface area contributed by atoms with Crippen LogP contribution >= 0.6 is 11.6 Å². The normalized spacial score (nSPS) is 10.5. The van der Waals surface area contributed by atoms with Crippen LogP contribution in [-0.4, -0.2) is 38.7 Å². The van der Waals surface area contributed by atoms with Gasteiger partial charge in [-0.2, -0.15) is 5.10 Å². The van der Waals surface area contributed by atoms with Crippen LogP contribution in [0.15, 0.2) is 48.8 Å². The van der Waals surface area contributed by atoms with Crippen LogP contribution in [-0.2, 0) is 0 Å². The number of nitrogens with zero attached hydrogens (tertiary/aromatic N) is 4. The Hall–Kier alpha value is -2.93. The number of carbonyl (C=O) groups is 1. The molecule has 1 amide bonds. The van der Waals surface area contributed by atoms with E-state index in [2.05, 4.69) is 25.7 Å². The van der Waals surface area contributed by atoms with Crippen LogP contribution in [0.3, 0.4) is 0 Å². The summed E-state index contributed by atoms with van der Waals surface area (Å²) >= 11 is 5.89. The van der Waals surface area contributed by atoms with E-state index >= 15 is 0 Å². The van der Waals surface area contributed by atoms with Crippen molar-refractivity contribution < 1.29 is 4.79 Å². The van der Waals surface area contributed by atoms with Gasteiger partial charge in [-0.3, -0.25) is 4.79 Å². The molecule has 0 saturated carbocycles. The molecule has 0 unspecified atom stereocenters. The topological polar surface area (TPSA) is 84.7 Å². The lowest BCUT2D eigenvalue weighted by molar-refractivity contribution is 0.0955. The van der Waals surface area contributed by atoms with E-state index in [1.807, 2.05) is 19.2 Å². The first-order valence-corrected chi connectivity index (χ1v) is 8.13. The van der Waals surface area contributed by atoms with E-state index in [-0.39, 0.29) is 5.91 Å². The quantitative estimate of drug-likeness (QED) is 0.663. The molecule has 0 spiro atoms. The Bertz CT molecular complexity index is 865. The first-order chi connectivity index (χ1) is 12.1. The number of anilines is 1. The summed E-state index contributed by atoms with van der Waals surface area (Å²) in [4.78, 5) is 20.7. The zero-order valence-electron chi connectivity index (χ0n) is 13.6. The summed E-state index contributed by atoms with van der Waals surface area (Å²) in [6.45, 7) is 2.80. The SMILES string of the molecule is Cc1nc(NCCNC(=O)c2cccc(Cl)c2)cc(-n2cccn2)n1. The summed E-state index contributed by atoms with van der Waals surface area (Å²) in [6.07, 6.45) is 3.51. The molecule has 0 aliphatic carbocycles. The average Bonchev–Trinajstić information content (AvgIpc) is 3.13. The molecule has 0 fully saturated rings. The Kier molecular flexibility index (Phi) is 5.25. The largest absolute Gasteiger partial charge is 0.368 e. The van der Waals surface area contributed by atoms with Crippen molar-refractivity contribution in [2.24, 2.45) is 0 Å². The molecule has 2 heterocycles.